The van der Waals surface area contributed by atoms with Gasteiger partial charge < -0.3 is 14.3 Å². The smallest absolute Gasteiger partial charge is 0.281 e. The summed E-state index contributed by atoms with van der Waals surface area (Å²) in [6, 6.07) is 6.88. The van der Waals surface area contributed by atoms with Crippen LogP contribution in [0.2, 0.25) is 5.02 Å². The average molecular weight is 296 g/mol. The van der Waals surface area contributed by atoms with Crippen molar-refractivity contribution in [2.45, 2.75) is 12.1 Å². The number of benzene rings is 1. The van der Waals surface area contributed by atoms with Gasteiger partial charge in [0.25, 0.3) is 5.22 Å². The molecular formula is C12H8ClN2O3S-. The van der Waals surface area contributed by atoms with Crippen LogP contribution in [-0.4, -0.2) is 16.2 Å². The number of carboxylic acid groups (broad SMARTS) is 1. The van der Waals surface area contributed by atoms with E-state index in [2.05, 4.69) is 10.2 Å². The molecule has 7 heteroatoms. The van der Waals surface area contributed by atoms with Crippen molar-refractivity contribution in [2.24, 2.45) is 0 Å². The molecule has 0 aliphatic heterocycles. The van der Waals surface area contributed by atoms with Crippen LogP contribution in [0.1, 0.15) is 11.5 Å². The number of hydrogen-bond donors (Lipinski definition) is 0. The third-order valence-corrected chi connectivity index (χ3v) is 3.29. The van der Waals surface area contributed by atoms with Gasteiger partial charge in [-0.05, 0) is 29.5 Å². The van der Waals surface area contributed by atoms with E-state index in [9.17, 15) is 9.90 Å². The van der Waals surface area contributed by atoms with Crippen molar-refractivity contribution in [3.63, 3.8) is 0 Å². The summed E-state index contributed by atoms with van der Waals surface area (Å²) in [7, 11) is 0. The van der Waals surface area contributed by atoms with E-state index in [1.54, 1.807) is 31.2 Å². The van der Waals surface area contributed by atoms with Gasteiger partial charge in [0.05, 0.1) is 5.97 Å². The minimum Gasteiger partial charge on any atom is -0.544 e. The Labute approximate surface area is 118 Å². The molecule has 19 heavy (non-hydrogen) atoms. The molecule has 0 saturated carbocycles. The summed E-state index contributed by atoms with van der Waals surface area (Å²) in [5, 5.41) is 19.0. The van der Waals surface area contributed by atoms with E-state index in [-0.39, 0.29) is 10.1 Å². The van der Waals surface area contributed by atoms with Gasteiger partial charge in [0, 0.05) is 16.9 Å². The molecule has 0 aliphatic rings. The molecule has 0 spiro atoms. The summed E-state index contributed by atoms with van der Waals surface area (Å²) >= 11 is 6.78. The van der Waals surface area contributed by atoms with Gasteiger partial charge in [-0.3, -0.25) is 0 Å². The van der Waals surface area contributed by atoms with Crippen molar-refractivity contribution in [3.05, 3.63) is 45.6 Å². The largest absolute Gasteiger partial charge is 0.544 e. The van der Waals surface area contributed by atoms with E-state index >= 15 is 0 Å². The zero-order valence-electron chi connectivity index (χ0n) is 9.79. The van der Waals surface area contributed by atoms with Crippen molar-refractivity contribution in [3.8, 4) is 0 Å². The molecule has 0 N–H and O–H groups in total. The maximum Gasteiger partial charge on any atom is 0.281 e. The molecular weight excluding hydrogens is 288 g/mol. The Bertz CT molecular complexity index is 639. The molecule has 2 rings (SSSR count). The van der Waals surface area contributed by atoms with Crippen LogP contribution in [0.4, 0.5) is 0 Å². The second-order valence-electron chi connectivity index (χ2n) is 3.51. The molecule has 0 atom stereocenters. The van der Waals surface area contributed by atoms with Gasteiger partial charge in [0.1, 0.15) is 0 Å². The first-order chi connectivity index (χ1) is 9.06. The number of nitrogens with zero attached hydrogens (tertiary/aromatic N) is 2. The Balaban J connectivity index is 2.30. The quantitative estimate of drug-likeness (QED) is 0.633. The fourth-order valence-electron chi connectivity index (χ4n) is 1.28. The highest BCUT2D eigenvalue weighted by atomic mass is 35.5. The summed E-state index contributed by atoms with van der Waals surface area (Å²) in [6.07, 6.45) is 1.40. The summed E-state index contributed by atoms with van der Waals surface area (Å²) in [5.41, 5.74) is 0.576. The van der Waals surface area contributed by atoms with Crippen molar-refractivity contribution >= 4 is 35.4 Å². The molecule has 0 radical (unpaired) electrons. The van der Waals surface area contributed by atoms with E-state index in [1.807, 2.05) is 0 Å². The zero-order valence-corrected chi connectivity index (χ0v) is 11.4. The molecule has 0 amide bonds. The first-order valence-electron chi connectivity index (χ1n) is 5.22. The number of carbonyl (C=O) groups is 1. The van der Waals surface area contributed by atoms with Gasteiger partial charge in [-0.2, -0.15) is 0 Å². The molecule has 0 saturated heterocycles. The van der Waals surface area contributed by atoms with Crippen LogP contribution >= 0.6 is 23.4 Å². The fraction of sp³-hybridized carbons (Fsp3) is 0.0833. The Hall–Kier alpha value is -1.79. The molecule has 0 fully saturated rings. The summed E-state index contributed by atoms with van der Waals surface area (Å²) in [6.45, 7) is 1.62. The van der Waals surface area contributed by atoms with Gasteiger partial charge >= 0.3 is 0 Å². The van der Waals surface area contributed by atoms with Crippen LogP contribution in [0.3, 0.4) is 0 Å². The predicted octanol–water partition coefficient (Wildman–Crippen LogP) is 1.91. The van der Waals surface area contributed by atoms with Crippen LogP contribution in [0.5, 0.6) is 0 Å². The number of rotatable bonds is 4. The topological polar surface area (TPSA) is 79.0 Å². The molecule has 0 aliphatic carbocycles. The van der Waals surface area contributed by atoms with E-state index in [1.165, 1.54) is 6.08 Å². The number of aromatic nitrogens is 2. The monoisotopic (exact) mass is 295 g/mol. The SMILES string of the molecule is Cc1nnc(S/C(=C\c2ccccc2Cl)C(=O)[O-])o1. The Morgan fingerprint density at radius 1 is 1.42 bits per heavy atom. The van der Waals surface area contributed by atoms with Crippen LogP contribution in [0.25, 0.3) is 6.08 Å². The first-order valence-corrected chi connectivity index (χ1v) is 6.41. The minimum absolute atomic E-state index is 0.0586. The number of hydrogen-bond acceptors (Lipinski definition) is 6. The van der Waals surface area contributed by atoms with Crippen LogP contribution < -0.4 is 5.11 Å². The van der Waals surface area contributed by atoms with Gasteiger partial charge in [-0.1, -0.05) is 29.8 Å². The molecule has 5 nitrogen and oxygen atoms in total. The third-order valence-electron chi connectivity index (χ3n) is 2.10. The standard InChI is InChI=1S/C12H9ClN2O3S/c1-7-14-15-12(18-7)19-10(11(16)17)6-8-4-2-3-5-9(8)13/h2-6H,1H3,(H,16,17)/p-1/b10-6-. The highest BCUT2D eigenvalue weighted by molar-refractivity contribution is 8.03. The summed E-state index contributed by atoms with van der Waals surface area (Å²) in [4.78, 5) is 11.0. The Morgan fingerprint density at radius 3 is 2.74 bits per heavy atom. The first kappa shape index (κ1) is 13.6. The number of carbonyl (C=O) groups excluding carboxylic acids is 1. The third kappa shape index (κ3) is 3.59. The number of carboxylic acids is 1. The fourth-order valence-corrected chi connectivity index (χ4v) is 2.17. The molecule has 1 aromatic heterocycles. The lowest BCUT2D eigenvalue weighted by atomic mass is 10.2. The molecule has 0 unspecified atom stereocenters. The average Bonchev–Trinajstić information content (AvgIpc) is 2.76. The number of aliphatic carboxylic acids is 1. The van der Waals surface area contributed by atoms with Gasteiger partial charge in [-0.15, -0.1) is 10.2 Å². The van der Waals surface area contributed by atoms with Crippen molar-refractivity contribution < 1.29 is 14.3 Å². The van der Waals surface area contributed by atoms with E-state index in [0.717, 1.165) is 11.8 Å². The maximum atomic E-state index is 11.1. The van der Waals surface area contributed by atoms with Crippen molar-refractivity contribution in [1.29, 1.82) is 0 Å². The van der Waals surface area contributed by atoms with Crippen molar-refractivity contribution in [2.75, 3.05) is 0 Å². The number of halogens is 1. The van der Waals surface area contributed by atoms with E-state index in [4.69, 9.17) is 16.0 Å². The lowest BCUT2D eigenvalue weighted by Crippen LogP contribution is -2.23. The highest BCUT2D eigenvalue weighted by Gasteiger charge is 2.09. The van der Waals surface area contributed by atoms with Gasteiger partial charge in [0.2, 0.25) is 5.89 Å². The van der Waals surface area contributed by atoms with E-state index in [0.29, 0.717) is 16.5 Å². The lowest BCUT2D eigenvalue weighted by Gasteiger charge is -2.06. The number of aryl methyl sites for hydroxylation is 1. The molecule has 1 heterocycles. The minimum atomic E-state index is -1.33. The highest BCUT2D eigenvalue weighted by Crippen LogP contribution is 2.28. The lowest BCUT2D eigenvalue weighted by molar-refractivity contribution is -0.298. The summed E-state index contributed by atoms with van der Waals surface area (Å²) < 4.78 is 5.11. The Morgan fingerprint density at radius 2 is 2.16 bits per heavy atom. The predicted molar refractivity (Wildman–Crippen MR) is 69.3 cm³/mol. The van der Waals surface area contributed by atoms with Crippen LogP contribution in [0.15, 0.2) is 38.8 Å². The van der Waals surface area contributed by atoms with Crippen LogP contribution in [-0.2, 0) is 4.79 Å². The van der Waals surface area contributed by atoms with Crippen LogP contribution in [0, 0.1) is 6.92 Å². The maximum absolute atomic E-state index is 11.1. The second-order valence-corrected chi connectivity index (χ2v) is 4.91. The number of thioether (sulfide) groups is 1. The van der Waals surface area contributed by atoms with E-state index < -0.39 is 5.97 Å². The van der Waals surface area contributed by atoms with Gasteiger partial charge in [0.15, 0.2) is 0 Å². The summed E-state index contributed by atoms with van der Waals surface area (Å²) in [5.74, 6) is -0.973. The zero-order chi connectivity index (χ0) is 13.8. The van der Waals surface area contributed by atoms with Gasteiger partial charge in [-0.25, -0.2) is 0 Å². The molecule has 98 valence electrons. The molecule has 1 aromatic carbocycles. The molecule has 2 aromatic rings. The molecule has 0 bridgehead atoms. The second kappa shape index (κ2) is 5.90. The van der Waals surface area contributed by atoms with Crippen molar-refractivity contribution in [1.82, 2.24) is 10.2 Å². The normalized spacial score (nSPS) is 11.6. The Kier molecular flexibility index (Phi) is 4.24.